The van der Waals surface area contributed by atoms with E-state index in [-0.39, 0.29) is 5.56 Å². The number of para-hydroxylation sites is 1. The normalized spacial score (nSPS) is 9.60. The summed E-state index contributed by atoms with van der Waals surface area (Å²) < 4.78 is 10.7. The zero-order valence-electron chi connectivity index (χ0n) is 10.8. The van der Waals surface area contributed by atoms with Gasteiger partial charge in [-0.05, 0) is 24.3 Å². The Hall–Kier alpha value is -3.00. The lowest BCUT2D eigenvalue weighted by atomic mass is 10.1. The van der Waals surface area contributed by atoms with Crippen LogP contribution in [0.5, 0.6) is 17.2 Å². The molecule has 5 heteroatoms. The van der Waals surface area contributed by atoms with Gasteiger partial charge in [-0.3, -0.25) is 4.79 Å². The SMILES string of the molecule is COc1ccc(C#N)c(Oc2ccccc2C(N)=O)c1. The fourth-order valence-corrected chi connectivity index (χ4v) is 1.68. The summed E-state index contributed by atoms with van der Waals surface area (Å²) in [6.45, 7) is 0. The van der Waals surface area contributed by atoms with Gasteiger partial charge in [0.05, 0.1) is 18.2 Å². The molecule has 0 heterocycles. The molecular weight excluding hydrogens is 256 g/mol. The highest BCUT2D eigenvalue weighted by molar-refractivity contribution is 5.95. The highest BCUT2D eigenvalue weighted by atomic mass is 16.5. The quantitative estimate of drug-likeness (QED) is 0.922. The molecule has 0 radical (unpaired) electrons. The lowest BCUT2D eigenvalue weighted by molar-refractivity contribution is 0.0998. The molecule has 0 bridgehead atoms. The Morgan fingerprint density at radius 1 is 1.20 bits per heavy atom. The van der Waals surface area contributed by atoms with Crippen LogP contribution in [-0.4, -0.2) is 13.0 Å². The van der Waals surface area contributed by atoms with E-state index in [1.807, 2.05) is 6.07 Å². The number of benzene rings is 2. The van der Waals surface area contributed by atoms with E-state index in [1.165, 1.54) is 7.11 Å². The van der Waals surface area contributed by atoms with Gasteiger partial charge in [0.2, 0.25) is 0 Å². The molecule has 0 unspecified atom stereocenters. The topological polar surface area (TPSA) is 85.3 Å². The Bertz CT molecular complexity index is 690. The van der Waals surface area contributed by atoms with Crippen molar-refractivity contribution in [2.45, 2.75) is 0 Å². The number of ether oxygens (including phenoxy) is 2. The van der Waals surface area contributed by atoms with Crippen LogP contribution in [0.2, 0.25) is 0 Å². The molecule has 5 nitrogen and oxygen atoms in total. The van der Waals surface area contributed by atoms with Crippen molar-refractivity contribution in [3.63, 3.8) is 0 Å². The number of nitrogens with two attached hydrogens (primary N) is 1. The molecule has 2 aromatic rings. The number of hydrogen-bond acceptors (Lipinski definition) is 4. The minimum atomic E-state index is -0.595. The van der Waals surface area contributed by atoms with Crippen molar-refractivity contribution in [2.24, 2.45) is 5.73 Å². The molecule has 0 aliphatic heterocycles. The summed E-state index contributed by atoms with van der Waals surface area (Å²) in [6, 6.07) is 13.4. The van der Waals surface area contributed by atoms with E-state index in [4.69, 9.17) is 20.5 Å². The van der Waals surface area contributed by atoms with Gasteiger partial charge in [0.1, 0.15) is 23.3 Å². The summed E-state index contributed by atoms with van der Waals surface area (Å²) in [5, 5.41) is 9.08. The molecule has 2 rings (SSSR count). The third kappa shape index (κ3) is 2.70. The van der Waals surface area contributed by atoms with Crippen LogP contribution < -0.4 is 15.2 Å². The molecule has 0 saturated carbocycles. The molecule has 0 aromatic heterocycles. The predicted octanol–water partition coefficient (Wildman–Crippen LogP) is 2.46. The minimum absolute atomic E-state index is 0.249. The highest BCUT2D eigenvalue weighted by Crippen LogP contribution is 2.30. The van der Waals surface area contributed by atoms with Crippen LogP contribution in [0.25, 0.3) is 0 Å². The number of carbonyl (C=O) groups excluding carboxylic acids is 1. The molecule has 2 N–H and O–H groups in total. The van der Waals surface area contributed by atoms with Gasteiger partial charge in [-0.15, -0.1) is 0 Å². The van der Waals surface area contributed by atoms with Gasteiger partial charge in [0.25, 0.3) is 5.91 Å². The van der Waals surface area contributed by atoms with E-state index in [0.29, 0.717) is 22.8 Å². The van der Waals surface area contributed by atoms with Crippen molar-refractivity contribution in [1.82, 2.24) is 0 Å². The fraction of sp³-hybridized carbons (Fsp3) is 0.0667. The lowest BCUT2D eigenvalue weighted by Crippen LogP contribution is -2.12. The smallest absolute Gasteiger partial charge is 0.252 e. The lowest BCUT2D eigenvalue weighted by Gasteiger charge is -2.11. The Labute approximate surface area is 116 Å². The first kappa shape index (κ1) is 13.4. The second-order valence-corrected chi connectivity index (χ2v) is 3.94. The average Bonchev–Trinajstić information content (AvgIpc) is 2.47. The van der Waals surface area contributed by atoms with Gasteiger partial charge >= 0.3 is 0 Å². The molecule has 1 amide bonds. The van der Waals surface area contributed by atoms with Gasteiger partial charge in [0.15, 0.2) is 0 Å². The average molecular weight is 268 g/mol. The van der Waals surface area contributed by atoms with Crippen LogP contribution in [0.15, 0.2) is 42.5 Å². The van der Waals surface area contributed by atoms with Crippen LogP contribution >= 0.6 is 0 Å². The van der Waals surface area contributed by atoms with Gasteiger partial charge in [0, 0.05) is 6.07 Å². The number of nitriles is 1. The first-order chi connectivity index (χ1) is 9.65. The van der Waals surface area contributed by atoms with Crippen molar-refractivity contribution in [3.8, 4) is 23.3 Å². The Morgan fingerprint density at radius 3 is 2.60 bits per heavy atom. The molecule has 20 heavy (non-hydrogen) atoms. The minimum Gasteiger partial charge on any atom is -0.497 e. The van der Waals surface area contributed by atoms with E-state index >= 15 is 0 Å². The number of methoxy groups -OCH3 is 1. The van der Waals surface area contributed by atoms with E-state index in [2.05, 4.69) is 0 Å². The van der Waals surface area contributed by atoms with Crippen molar-refractivity contribution in [3.05, 3.63) is 53.6 Å². The number of hydrogen-bond donors (Lipinski definition) is 1. The molecule has 0 spiro atoms. The van der Waals surface area contributed by atoms with Crippen LogP contribution in [0.1, 0.15) is 15.9 Å². The standard InChI is InChI=1S/C15H12N2O3/c1-19-11-7-6-10(9-16)14(8-11)20-13-5-3-2-4-12(13)15(17)18/h2-8H,1H3,(H2,17,18). The maximum Gasteiger partial charge on any atom is 0.252 e. The van der Waals surface area contributed by atoms with Crippen LogP contribution in [0.3, 0.4) is 0 Å². The van der Waals surface area contributed by atoms with Gasteiger partial charge in [-0.1, -0.05) is 12.1 Å². The summed E-state index contributed by atoms with van der Waals surface area (Å²) in [7, 11) is 1.52. The molecule has 0 aliphatic carbocycles. The summed E-state index contributed by atoms with van der Waals surface area (Å²) in [6.07, 6.45) is 0. The monoisotopic (exact) mass is 268 g/mol. The van der Waals surface area contributed by atoms with Crippen LogP contribution in [-0.2, 0) is 0 Å². The van der Waals surface area contributed by atoms with E-state index in [1.54, 1.807) is 42.5 Å². The fourth-order valence-electron chi connectivity index (χ4n) is 1.68. The molecule has 0 saturated heterocycles. The Balaban J connectivity index is 2.44. The van der Waals surface area contributed by atoms with E-state index < -0.39 is 5.91 Å². The molecule has 0 aliphatic rings. The van der Waals surface area contributed by atoms with E-state index in [9.17, 15) is 4.79 Å². The molecular formula is C15H12N2O3. The summed E-state index contributed by atoms with van der Waals surface area (Å²) in [4.78, 5) is 11.3. The third-order valence-electron chi connectivity index (χ3n) is 2.68. The zero-order valence-corrected chi connectivity index (χ0v) is 10.8. The number of primary amides is 1. The summed E-state index contributed by atoms with van der Waals surface area (Å²) in [5.41, 5.74) is 5.87. The molecule has 100 valence electrons. The maximum atomic E-state index is 11.3. The first-order valence-corrected chi connectivity index (χ1v) is 5.80. The van der Waals surface area contributed by atoms with Crippen molar-refractivity contribution in [2.75, 3.05) is 7.11 Å². The van der Waals surface area contributed by atoms with Crippen LogP contribution in [0, 0.1) is 11.3 Å². The Morgan fingerprint density at radius 2 is 1.95 bits per heavy atom. The van der Waals surface area contributed by atoms with Crippen LogP contribution in [0.4, 0.5) is 0 Å². The predicted molar refractivity (Wildman–Crippen MR) is 72.7 cm³/mol. The number of nitrogens with zero attached hydrogens (tertiary/aromatic N) is 1. The summed E-state index contributed by atoms with van der Waals surface area (Å²) in [5.74, 6) is 0.558. The molecule has 0 fully saturated rings. The molecule has 2 aromatic carbocycles. The molecule has 0 atom stereocenters. The largest absolute Gasteiger partial charge is 0.497 e. The first-order valence-electron chi connectivity index (χ1n) is 5.80. The summed E-state index contributed by atoms with van der Waals surface area (Å²) >= 11 is 0. The highest BCUT2D eigenvalue weighted by Gasteiger charge is 2.12. The van der Waals surface area contributed by atoms with Gasteiger partial charge in [-0.2, -0.15) is 5.26 Å². The number of carbonyl (C=O) groups is 1. The number of rotatable bonds is 4. The van der Waals surface area contributed by atoms with Crippen molar-refractivity contribution >= 4 is 5.91 Å². The van der Waals surface area contributed by atoms with Crippen molar-refractivity contribution < 1.29 is 14.3 Å². The number of amides is 1. The maximum absolute atomic E-state index is 11.3. The third-order valence-corrected chi connectivity index (χ3v) is 2.68. The van der Waals surface area contributed by atoms with Crippen molar-refractivity contribution in [1.29, 1.82) is 5.26 Å². The van der Waals surface area contributed by atoms with Gasteiger partial charge < -0.3 is 15.2 Å². The zero-order chi connectivity index (χ0) is 14.5. The second kappa shape index (κ2) is 5.76. The van der Waals surface area contributed by atoms with Gasteiger partial charge in [-0.25, -0.2) is 0 Å². The second-order valence-electron chi connectivity index (χ2n) is 3.94. The Kier molecular flexibility index (Phi) is 3.87. The van der Waals surface area contributed by atoms with E-state index in [0.717, 1.165) is 0 Å².